The van der Waals surface area contributed by atoms with Crippen molar-refractivity contribution in [1.29, 1.82) is 0 Å². The van der Waals surface area contributed by atoms with E-state index in [2.05, 4.69) is 42.2 Å². The first-order chi connectivity index (χ1) is 10.1. The van der Waals surface area contributed by atoms with E-state index in [9.17, 15) is 0 Å². The van der Waals surface area contributed by atoms with Crippen LogP contribution in [-0.2, 0) is 9.47 Å². The largest absolute Gasteiger partial charge is 0.356 e. The highest BCUT2D eigenvalue weighted by Crippen LogP contribution is 2.33. The van der Waals surface area contributed by atoms with Crippen LogP contribution in [0, 0.1) is 0 Å². The predicted octanol–water partition coefficient (Wildman–Crippen LogP) is 2.20. The molecule has 1 aromatic carbocycles. The lowest BCUT2D eigenvalue weighted by Crippen LogP contribution is -2.52. The zero-order valence-corrected chi connectivity index (χ0v) is 13.4. The van der Waals surface area contributed by atoms with Gasteiger partial charge < -0.3 is 15.2 Å². The second-order valence-corrected chi connectivity index (χ2v) is 6.15. The summed E-state index contributed by atoms with van der Waals surface area (Å²) in [6.45, 7) is 4.95. The molecule has 0 spiro atoms. The molecule has 0 radical (unpaired) electrons. The Morgan fingerprint density at radius 3 is 2.52 bits per heavy atom. The first-order valence-corrected chi connectivity index (χ1v) is 7.68. The summed E-state index contributed by atoms with van der Waals surface area (Å²) >= 11 is 0. The second-order valence-electron chi connectivity index (χ2n) is 6.15. The molecule has 1 heterocycles. The van der Waals surface area contributed by atoms with Crippen molar-refractivity contribution >= 4 is 0 Å². The van der Waals surface area contributed by atoms with Crippen LogP contribution in [-0.4, -0.2) is 50.6 Å². The molecule has 4 nitrogen and oxygen atoms in total. The predicted molar refractivity (Wildman–Crippen MR) is 85.3 cm³/mol. The van der Waals surface area contributed by atoms with Gasteiger partial charge in [-0.1, -0.05) is 30.3 Å². The molecule has 1 aromatic rings. The maximum absolute atomic E-state index is 6.08. The molecule has 0 saturated carbocycles. The summed E-state index contributed by atoms with van der Waals surface area (Å²) in [6.07, 6.45) is 1.77. The molecular formula is C17H28N2O2. The smallest absolute Gasteiger partial charge is 0.158 e. The minimum atomic E-state index is -0.200. The van der Waals surface area contributed by atoms with Gasteiger partial charge in [-0.15, -0.1) is 0 Å². The lowest BCUT2D eigenvalue weighted by molar-refractivity contribution is -0.127. The van der Waals surface area contributed by atoms with E-state index in [1.54, 1.807) is 14.2 Å². The van der Waals surface area contributed by atoms with E-state index >= 15 is 0 Å². The molecule has 4 heteroatoms. The number of hydrogen-bond donors (Lipinski definition) is 1. The van der Waals surface area contributed by atoms with Crippen molar-refractivity contribution in [3.05, 3.63) is 35.9 Å². The molecule has 0 aromatic heterocycles. The van der Waals surface area contributed by atoms with Crippen molar-refractivity contribution < 1.29 is 9.47 Å². The number of likely N-dealkylation sites (tertiary alicyclic amines) is 1. The lowest BCUT2D eigenvalue weighted by atomic mass is 9.94. The maximum atomic E-state index is 6.08. The third kappa shape index (κ3) is 3.83. The van der Waals surface area contributed by atoms with Crippen LogP contribution in [0.15, 0.2) is 30.3 Å². The average Bonchev–Trinajstić information content (AvgIpc) is 3.04. The van der Waals surface area contributed by atoms with Crippen molar-refractivity contribution in [1.82, 2.24) is 4.90 Å². The van der Waals surface area contributed by atoms with Crippen LogP contribution in [0.25, 0.3) is 0 Å². The van der Waals surface area contributed by atoms with E-state index < -0.39 is 0 Å². The molecule has 0 amide bonds. The summed E-state index contributed by atoms with van der Waals surface area (Å²) < 4.78 is 10.7. The van der Waals surface area contributed by atoms with Crippen molar-refractivity contribution in [2.45, 2.75) is 37.5 Å². The van der Waals surface area contributed by atoms with Gasteiger partial charge in [-0.05, 0) is 31.4 Å². The quantitative estimate of drug-likeness (QED) is 0.783. The van der Waals surface area contributed by atoms with Crippen molar-refractivity contribution in [3.63, 3.8) is 0 Å². The normalized spacial score (nSPS) is 22.6. The van der Waals surface area contributed by atoms with Gasteiger partial charge in [0.05, 0.1) is 0 Å². The van der Waals surface area contributed by atoms with Gasteiger partial charge in [0.25, 0.3) is 0 Å². The standard InChI is InChI=1S/C17H28N2O2/c1-17(13-18,11-16(20-2)21-3)19-10-9-15(12-19)14-7-5-4-6-8-14/h4-8,15-16H,9-13,18H2,1-3H3. The van der Waals surface area contributed by atoms with Crippen molar-refractivity contribution in [2.24, 2.45) is 5.73 Å². The number of ether oxygens (including phenoxy) is 2. The van der Waals surface area contributed by atoms with E-state index in [0.29, 0.717) is 12.5 Å². The molecule has 0 bridgehead atoms. The molecule has 2 N–H and O–H groups in total. The highest BCUT2D eigenvalue weighted by Gasteiger charge is 2.38. The number of nitrogens with zero attached hydrogens (tertiary/aromatic N) is 1. The van der Waals surface area contributed by atoms with Crippen molar-refractivity contribution in [2.75, 3.05) is 33.9 Å². The Kier molecular flexibility index (Phi) is 5.76. The molecule has 0 aliphatic carbocycles. The van der Waals surface area contributed by atoms with Crippen LogP contribution in [0.5, 0.6) is 0 Å². The highest BCUT2D eigenvalue weighted by molar-refractivity contribution is 5.21. The van der Waals surface area contributed by atoms with E-state index in [1.165, 1.54) is 12.0 Å². The Morgan fingerprint density at radius 2 is 1.95 bits per heavy atom. The molecule has 2 atom stereocenters. The highest BCUT2D eigenvalue weighted by atomic mass is 16.7. The summed E-state index contributed by atoms with van der Waals surface area (Å²) in [7, 11) is 3.36. The Bertz CT molecular complexity index is 422. The van der Waals surface area contributed by atoms with Gasteiger partial charge in [0, 0.05) is 39.3 Å². The third-order valence-corrected chi connectivity index (χ3v) is 4.79. The minimum absolute atomic E-state index is 0.0831. The van der Waals surface area contributed by atoms with Gasteiger partial charge in [0.2, 0.25) is 0 Å². The second kappa shape index (κ2) is 7.36. The van der Waals surface area contributed by atoms with E-state index in [4.69, 9.17) is 15.2 Å². The van der Waals surface area contributed by atoms with Crippen LogP contribution in [0.2, 0.25) is 0 Å². The van der Waals surface area contributed by atoms with Crippen LogP contribution in [0.1, 0.15) is 31.2 Å². The Labute approximate surface area is 128 Å². The molecule has 2 rings (SSSR count). The topological polar surface area (TPSA) is 47.7 Å². The van der Waals surface area contributed by atoms with Gasteiger partial charge in [-0.2, -0.15) is 0 Å². The zero-order valence-electron chi connectivity index (χ0n) is 13.4. The van der Waals surface area contributed by atoms with Gasteiger partial charge >= 0.3 is 0 Å². The summed E-state index contributed by atoms with van der Waals surface area (Å²) in [5.74, 6) is 0.598. The van der Waals surface area contributed by atoms with Gasteiger partial charge in [0.15, 0.2) is 6.29 Å². The van der Waals surface area contributed by atoms with Gasteiger partial charge in [0.1, 0.15) is 0 Å². The number of methoxy groups -OCH3 is 2. The summed E-state index contributed by atoms with van der Waals surface area (Å²) in [4.78, 5) is 2.50. The fourth-order valence-corrected chi connectivity index (χ4v) is 3.21. The van der Waals surface area contributed by atoms with E-state index in [-0.39, 0.29) is 11.8 Å². The fourth-order valence-electron chi connectivity index (χ4n) is 3.21. The van der Waals surface area contributed by atoms with Crippen LogP contribution in [0.3, 0.4) is 0 Å². The van der Waals surface area contributed by atoms with Crippen LogP contribution < -0.4 is 5.73 Å². The first-order valence-electron chi connectivity index (χ1n) is 7.68. The fraction of sp³-hybridized carbons (Fsp3) is 0.647. The molecule has 1 saturated heterocycles. The summed E-state index contributed by atoms with van der Waals surface area (Å²) in [5.41, 5.74) is 7.42. The molecule has 1 fully saturated rings. The Morgan fingerprint density at radius 1 is 1.29 bits per heavy atom. The molecular weight excluding hydrogens is 264 g/mol. The van der Waals surface area contributed by atoms with E-state index in [0.717, 1.165) is 19.5 Å². The molecule has 1 aliphatic rings. The molecule has 1 aliphatic heterocycles. The Balaban J connectivity index is 2.03. The zero-order chi connectivity index (χ0) is 15.3. The van der Waals surface area contributed by atoms with E-state index in [1.807, 2.05) is 0 Å². The number of benzene rings is 1. The Hall–Kier alpha value is -0.940. The van der Waals surface area contributed by atoms with Crippen LogP contribution in [0.4, 0.5) is 0 Å². The summed E-state index contributed by atoms with van der Waals surface area (Å²) in [6, 6.07) is 10.8. The number of nitrogens with two attached hydrogens (primary N) is 1. The molecule has 21 heavy (non-hydrogen) atoms. The minimum Gasteiger partial charge on any atom is -0.356 e. The monoisotopic (exact) mass is 292 g/mol. The molecule has 118 valence electrons. The van der Waals surface area contributed by atoms with Crippen LogP contribution >= 0.6 is 0 Å². The average molecular weight is 292 g/mol. The molecule has 2 unspecified atom stereocenters. The number of hydrogen-bond acceptors (Lipinski definition) is 4. The first kappa shape index (κ1) is 16.4. The van der Waals surface area contributed by atoms with Crippen molar-refractivity contribution in [3.8, 4) is 0 Å². The SMILES string of the molecule is COC(CC(C)(CN)N1CCC(c2ccccc2)C1)OC. The maximum Gasteiger partial charge on any atom is 0.158 e. The lowest BCUT2D eigenvalue weighted by Gasteiger charge is -2.40. The van der Waals surface area contributed by atoms with Gasteiger partial charge in [-0.25, -0.2) is 0 Å². The number of rotatable bonds is 7. The summed E-state index contributed by atoms with van der Waals surface area (Å²) in [5, 5.41) is 0. The van der Waals surface area contributed by atoms with Gasteiger partial charge in [-0.3, -0.25) is 4.90 Å². The third-order valence-electron chi connectivity index (χ3n) is 4.79.